The summed E-state index contributed by atoms with van der Waals surface area (Å²) in [6, 6.07) is 14.5. The van der Waals surface area contributed by atoms with Crippen molar-refractivity contribution in [3.05, 3.63) is 93.6 Å². The van der Waals surface area contributed by atoms with E-state index in [1.54, 1.807) is 19.9 Å². The van der Waals surface area contributed by atoms with E-state index < -0.39 is 0 Å². The van der Waals surface area contributed by atoms with Crippen LogP contribution in [0.5, 0.6) is 0 Å². The monoisotopic (exact) mass is 407 g/mol. The van der Waals surface area contributed by atoms with E-state index in [2.05, 4.69) is 24.0 Å². The largest absolute Gasteiger partial charge is 0.355 e. The highest BCUT2D eigenvalue weighted by Gasteiger charge is 2.24. The summed E-state index contributed by atoms with van der Waals surface area (Å²) in [6.07, 6.45) is 0.942. The van der Waals surface area contributed by atoms with Gasteiger partial charge in [-0.1, -0.05) is 43.3 Å². The summed E-state index contributed by atoms with van der Waals surface area (Å²) in [5, 5.41) is 1.92. The third kappa shape index (κ3) is 4.57. The fourth-order valence-electron chi connectivity index (χ4n) is 4.01. The first-order chi connectivity index (χ1) is 14.3. The Bertz CT molecular complexity index is 1070. The molecule has 0 radical (unpaired) electrons. The fourth-order valence-corrected chi connectivity index (χ4v) is 4.01. The van der Waals surface area contributed by atoms with Gasteiger partial charge in [-0.25, -0.2) is 4.39 Å². The second-order valence-corrected chi connectivity index (χ2v) is 7.67. The fraction of sp³-hybridized carbons (Fsp3) is 0.280. The van der Waals surface area contributed by atoms with Gasteiger partial charge in [-0.3, -0.25) is 9.59 Å². The first-order valence-electron chi connectivity index (χ1n) is 10.2. The van der Waals surface area contributed by atoms with Crippen LogP contribution < -0.4 is 5.32 Å². The van der Waals surface area contributed by atoms with Gasteiger partial charge in [0.25, 0.3) is 0 Å². The summed E-state index contributed by atoms with van der Waals surface area (Å²) in [5.74, 6) is -0.447. The van der Waals surface area contributed by atoms with Gasteiger partial charge < -0.3 is 10.3 Å². The number of rotatable bonds is 8. The zero-order valence-electron chi connectivity index (χ0n) is 17.9. The van der Waals surface area contributed by atoms with Gasteiger partial charge in [0.2, 0.25) is 5.78 Å². The molecule has 3 rings (SSSR count). The number of H-pyrrole nitrogens is 1. The van der Waals surface area contributed by atoms with Gasteiger partial charge in [0.05, 0.1) is 5.69 Å². The third-order valence-electron chi connectivity index (χ3n) is 5.56. The van der Waals surface area contributed by atoms with Crippen LogP contribution in [-0.2, 0) is 6.42 Å². The maximum Gasteiger partial charge on any atom is 0.233 e. The van der Waals surface area contributed by atoms with Crippen LogP contribution in [0.2, 0.25) is 0 Å². The van der Waals surface area contributed by atoms with Crippen molar-refractivity contribution in [3.8, 4) is 0 Å². The summed E-state index contributed by atoms with van der Waals surface area (Å²) < 4.78 is 13.9. The number of carbonyl (C=O) groups is 2. The Balaban J connectivity index is 1.87. The van der Waals surface area contributed by atoms with Crippen LogP contribution in [-0.4, -0.2) is 23.1 Å². The van der Waals surface area contributed by atoms with Crippen molar-refractivity contribution in [1.29, 1.82) is 0 Å². The summed E-state index contributed by atoms with van der Waals surface area (Å²) in [7, 11) is 0. The molecule has 0 saturated heterocycles. The number of quaternary nitrogens is 1. The van der Waals surface area contributed by atoms with Crippen molar-refractivity contribution in [2.45, 2.75) is 40.2 Å². The highest BCUT2D eigenvalue weighted by molar-refractivity contribution is 6.03. The number of halogens is 1. The van der Waals surface area contributed by atoms with Gasteiger partial charge in [-0.05, 0) is 50.5 Å². The van der Waals surface area contributed by atoms with E-state index in [4.69, 9.17) is 0 Å². The highest BCUT2D eigenvalue weighted by Crippen LogP contribution is 2.21. The number of Topliss-reactive ketones (excluding diaryl/α,β-unsaturated/α-hetero) is 2. The summed E-state index contributed by atoms with van der Waals surface area (Å²) in [6.45, 7) is 7.37. The van der Waals surface area contributed by atoms with Crippen molar-refractivity contribution in [3.63, 3.8) is 0 Å². The molecule has 156 valence electrons. The molecule has 0 fully saturated rings. The topological polar surface area (TPSA) is 66.5 Å². The molecule has 1 heterocycles. The Morgan fingerprint density at radius 2 is 1.77 bits per heavy atom. The summed E-state index contributed by atoms with van der Waals surface area (Å²) in [5.41, 5.74) is 5.48. The molecule has 1 aromatic heterocycles. The molecule has 30 heavy (non-hydrogen) atoms. The van der Waals surface area contributed by atoms with E-state index in [0.29, 0.717) is 22.5 Å². The number of nitrogens with one attached hydrogen (secondary N) is 1. The molecule has 0 aliphatic rings. The molecule has 0 bridgehead atoms. The van der Waals surface area contributed by atoms with Crippen LogP contribution in [0, 0.1) is 19.7 Å². The van der Waals surface area contributed by atoms with Gasteiger partial charge in [-0.2, -0.15) is 0 Å². The number of aryl methyl sites for hydroxylation is 2. The van der Waals surface area contributed by atoms with E-state index in [1.165, 1.54) is 24.6 Å². The quantitative estimate of drug-likeness (QED) is 0.553. The minimum absolute atomic E-state index is 0.0575. The average Bonchev–Trinajstić information content (AvgIpc) is 3.02. The number of hydrogen-bond donors (Lipinski definition) is 2. The van der Waals surface area contributed by atoms with Crippen LogP contribution in [0.1, 0.15) is 68.7 Å². The molecule has 2 aromatic carbocycles. The lowest BCUT2D eigenvalue weighted by atomic mass is 9.96. The van der Waals surface area contributed by atoms with E-state index >= 15 is 0 Å². The number of carbonyl (C=O) groups excluding carboxylic acids is 2. The summed E-state index contributed by atoms with van der Waals surface area (Å²) in [4.78, 5) is 27.9. The molecule has 5 heteroatoms. The van der Waals surface area contributed by atoms with Crippen molar-refractivity contribution >= 4 is 11.6 Å². The van der Waals surface area contributed by atoms with Crippen LogP contribution in [0.25, 0.3) is 0 Å². The van der Waals surface area contributed by atoms with Crippen molar-refractivity contribution in [2.24, 2.45) is 0 Å². The van der Waals surface area contributed by atoms with E-state index in [1.807, 2.05) is 23.5 Å². The number of nitrogens with two attached hydrogens (primary N) is 1. The number of aromatic amines is 1. The lowest BCUT2D eigenvalue weighted by Gasteiger charge is -2.17. The number of ketones is 2. The number of benzene rings is 2. The lowest BCUT2D eigenvalue weighted by molar-refractivity contribution is -0.675. The van der Waals surface area contributed by atoms with Crippen LogP contribution in [0.15, 0.2) is 48.5 Å². The molecule has 0 amide bonds. The molecule has 3 aromatic rings. The van der Waals surface area contributed by atoms with Crippen molar-refractivity contribution < 1.29 is 19.3 Å². The number of hydrogen-bond acceptors (Lipinski definition) is 2. The predicted octanol–water partition coefficient (Wildman–Crippen LogP) is 4.07. The van der Waals surface area contributed by atoms with Crippen molar-refractivity contribution in [2.75, 3.05) is 6.54 Å². The van der Waals surface area contributed by atoms with Gasteiger partial charge in [0.15, 0.2) is 5.78 Å². The first kappa shape index (κ1) is 21.7. The lowest BCUT2D eigenvalue weighted by Crippen LogP contribution is -2.87. The molecule has 3 N–H and O–H groups in total. The molecule has 1 atom stereocenters. The summed E-state index contributed by atoms with van der Waals surface area (Å²) >= 11 is 0. The van der Waals surface area contributed by atoms with E-state index in [9.17, 15) is 14.0 Å². The Morgan fingerprint density at radius 1 is 1.07 bits per heavy atom. The van der Waals surface area contributed by atoms with Gasteiger partial charge >= 0.3 is 0 Å². The zero-order valence-corrected chi connectivity index (χ0v) is 17.9. The van der Waals surface area contributed by atoms with Gasteiger partial charge in [-0.15, -0.1) is 0 Å². The molecule has 0 saturated carbocycles. The molecule has 0 aliphatic carbocycles. The first-order valence-corrected chi connectivity index (χ1v) is 10.2. The highest BCUT2D eigenvalue weighted by atomic mass is 19.1. The molecule has 0 spiro atoms. The minimum Gasteiger partial charge on any atom is -0.355 e. The Labute approximate surface area is 176 Å². The van der Waals surface area contributed by atoms with Crippen molar-refractivity contribution in [1.82, 2.24) is 4.98 Å². The van der Waals surface area contributed by atoms with Crippen LogP contribution in [0.3, 0.4) is 0 Å². The van der Waals surface area contributed by atoms with Gasteiger partial charge in [0, 0.05) is 22.4 Å². The third-order valence-corrected chi connectivity index (χ3v) is 5.56. The van der Waals surface area contributed by atoms with Crippen LogP contribution >= 0.6 is 0 Å². The molecular formula is C25H28FN2O2+. The van der Waals surface area contributed by atoms with Gasteiger partial charge in [0.1, 0.15) is 18.4 Å². The molecule has 0 unspecified atom stereocenters. The maximum atomic E-state index is 13.9. The minimum atomic E-state index is -0.302. The number of aromatic nitrogens is 1. The van der Waals surface area contributed by atoms with E-state index in [-0.39, 0.29) is 30.0 Å². The second-order valence-electron chi connectivity index (χ2n) is 7.67. The molecule has 4 nitrogen and oxygen atoms in total. The smallest absolute Gasteiger partial charge is 0.233 e. The van der Waals surface area contributed by atoms with Crippen LogP contribution in [0.4, 0.5) is 4.39 Å². The zero-order chi connectivity index (χ0) is 21.8. The predicted molar refractivity (Wildman–Crippen MR) is 115 cm³/mol. The molecule has 0 aliphatic heterocycles. The Morgan fingerprint density at radius 3 is 2.33 bits per heavy atom. The van der Waals surface area contributed by atoms with E-state index in [0.717, 1.165) is 17.5 Å². The Kier molecular flexibility index (Phi) is 6.63. The average molecular weight is 408 g/mol. The SMILES string of the molecule is CCc1ccc([C@@H]([NH2+]CC(=O)c2[nH]c(C)c(C(C)=O)c2C)c2cccc(F)c2)cc1. The molecular weight excluding hydrogens is 379 g/mol. The maximum absolute atomic E-state index is 13.9. The Hall–Kier alpha value is -3.05. The second kappa shape index (κ2) is 9.18. The normalized spacial score (nSPS) is 12.0. The standard InChI is InChI=1S/C25H27FN2O2/c1-5-18-9-11-19(12-10-18)25(20-7-6-8-21(26)13-20)27-14-22(30)24-15(2)23(17(4)29)16(3)28-24/h6-13,25,27-28H,5,14H2,1-4H3/p+1/t25-/m1/s1.